The van der Waals surface area contributed by atoms with E-state index in [1.807, 2.05) is 42.5 Å². The van der Waals surface area contributed by atoms with Crippen molar-refractivity contribution in [3.8, 4) is 23.1 Å². The molecule has 0 saturated heterocycles. The molecular weight excluding hydrogens is 458 g/mol. The molecule has 0 fully saturated rings. The van der Waals surface area contributed by atoms with Crippen LogP contribution in [0.2, 0.25) is 0 Å². The van der Waals surface area contributed by atoms with Gasteiger partial charge in [0.25, 0.3) is 0 Å². The zero-order chi connectivity index (χ0) is 24.3. The summed E-state index contributed by atoms with van der Waals surface area (Å²) < 4.78 is 8.15. The van der Waals surface area contributed by atoms with Gasteiger partial charge in [-0.2, -0.15) is 0 Å². The van der Waals surface area contributed by atoms with Crippen molar-refractivity contribution in [3.05, 3.63) is 126 Å². The van der Waals surface area contributed by atoms with Crippen molar-refractivity contribution < 1.29 is 4.74 Å². The highest BCUT2D eigenvalue weighted by Gasteiger charge is 2.34. The van der Waals surface area contributed by atoms with Gasteiger partial charge >= 0.3 is 0 Å². The monoisotopic (exact) mass is 477 g/mol. The Bertz CT molecular complexity index is 1980. The number of aromatic nitrogens is 5. The van der Waals surface area contributed by atoms with E-state index in [0.717, 1.165) is 49.8 Å². The second kappa shape index (κ2) is 7.70. The van der Waals surface area contributed by atoms with Crippen LogP contribution >= 0.6 is 0 Å². The van der Waals surface area contributed by atoms with Gasteiger partial charge in [-0.3, -0.25) is 0 Å². The lowest BCUT2D eigenvalue weighted by molar-refractivity contribution is 0.433. The van der Waals surface area contributed by atoms with E-state index in [1.54, 1.807) is 10.8 Å². The fraction of sp³-hybridized carbons (Fsp3) is 0.0323. The number of ether oxygens (including phenoxy) is 1. The first-order valence-electron chi connectivity index (χ1n) is 12.2. The molecule has 0 amide bonds. The molecule has 0 N–H and O–H groups in total. The van der Waals surface area contributed by atoms with E-state index in [9.17, 15) is 0 Å². The molecular formula is C31H19N5O. The van der Waals surface area contributed by atoms with Crippen molar-refractivity contribution in [2.24, 2.45) is 0 Å². The Morgan fingerprint density at radius 2 is 1.46 bits per heavy atom. The highest BCUT2D eigenvalue weighted by molar-refractivity contribution is 5.91. The number of fused-ring (bicyclic) bond motifs is 7. The summed E-state index contributed by atoms with van der Waals surface area (Å²) in [5.41, 5.74) is 5.49. The van der Waals surface area contributed by atoms with E-state index in [-0.39, 0.29) is 5.92 Å². The van der Waals surface area contributed by atoms with Crippen molar-refractivity contribution >= 4 is 27.3 Å². The number of hydrogen-bond donors (Lipinski definition) is 0. The third kappa shape index (κ3) is 3.06. The molecule has 174 valence electrons. The van der Waals surface area contributed by atoms with Gasteiger partial charge in [-0.1, -0.05) is 84.9 Å². The molecule has 0 saturated carbocycles. The summed E-state index contributed by atoms with van der Waals surface area (Å²) in [5, 5.41) is 8.16. The van der Waals surface area contributed by atoms with E-state index in [0.29, 0.717) is 17.4 Å². The predicted octanol–water partition coefficient (Wildman–Crippen LogP) is 6.78. The molecule has 1 aliphatic heterocycles. The molecule has 6 heteroatoms. The number of nitrogens with zero attached hydrogens (tertiary/aromatic N) is 5. The Kier molecular flexibility index (Phi) is 4.19. The highest BCUT2D eigenvalue weighted by Crippen LogP contribution is 2.50. The number of rotatable bonds is 2. The van der Waals surface area contributed by atoms with Crippen molar-refractivity contribution in [1.82, 2.24) is 24.6 Å². The fourth-order valence-corrected chi connectivity index (χ4v) is 5.38. The molecule has 1 aliphatic rings. The molecule has 7 aromatic rings. The lowest BCUT2D eigenvalue weighted by atomic mass is 9.81. The van der Waals surface area contributed by atoms with Crippen LogP contribution in [0.4, 0.5) is 0 Å². The van der Waals surface area contributed by atoms with Crippen LogP contribution in [0.25, 0.3) is 38.8 Å². The molecule has 37 heavy (non-hydrogen) atoms. The largest absolute Gasteiger partial charge is 0.438 e. The quantitative estimate of drug-likeness (QED) is 0.275. The average molecular weight is 478 g/mol. The molecule has 8 rings (SSSR count). The highest BCUT2D eigenvalue weighted by atomic mass is 16.5. The van der Waals surface area contributed by atoms with Gasteiger partial charge in [-0.15, -0.1) is 5.10 Å². The first-order valence-corrected chi connectivity index (χ1v) is 12.2. The molecule has 1 atom stereocenters. The molecule has 0 spiro atoms. The third-order valence-electron chi connectivity index (χ3n) is 7.06. The molecule has 0 bridgehead atoms. The first kappa shape index (κ1) is 20.1. The van der Waals surface area contributed by atoms with Crippen molar-refractivity contribution in [3.63, 3.8) is 0 Å². The Hall–Kier alpha value is -5.10. The summed E-state index contributed by atoms with van der Waals surface area (Å²) in [7, 11) is 0. The van der Waals surface area contributed by atoms with Gasteiger partial charge in [-0.05, 0) is 34.5 Å². The molecule has 4 aromatic carbocycles. The standard InChI is InChI=1S/C31H19N5O/c1-2-10-21(11-3-1)26-27-22-12-6-4-8-19(22)15-17-25(27)37-31-28(26)30-34-29(35-36(30)18-32-31)24-16-14-20-9-5-7-13-23(20)33-24/h1-18,26H. The van der Waals surface area contributed by atoms with E-state index >= 15 is 0 Å². The smallest absolute Gasteiger partial charge is 0.228 e. The summed E-state index contributed by atoms with van der Waals surface area (Å²) in [5.74, 6) is 1.79. The van der Waals surface area contributed by atoms with Crippen LogP contribution in [0.1, 0.15) is 22.6 Å². The average Bonchev–Trinajstić information content (AvgIpc) is 3.41. The summed E-state index contributed by atoms with van der Waals surface area (Å²) in [6.07, 6.45) is 1.67. The van der Waals surface area contributed by atoms with E-state index in [4.69, 9.17) is 19.8 Å². The lowest BCUT2D eigenvalue weighted by Gasteiger charge is -2.29. The van der Waals surface area contributed by atoms with Gasteiger partial charge in [0.2, 0.25) is 11.7 Å². The number of para-hydroxylation sites is 1. The molecule has 6 nitrogen and oxygen atoms in total. The lowest BCUT2D eigenvalue weighted by Crippen LogP contribution is -2.15. The van der Waals surface area contributed by atoms with Crippen LogP contribution in [0.3, 0.4) is 0 Å². The van der Waals surface area contributed by atoms with Gasteiger partial charge < -0.3 is 4.74 Å². The third-order valence-corrected chi connectivity index (χ3v) is 7.06. The number of benzene rings is 4. The molecule has 1 unspecified atom stereocenters. The van der Waals surface area contributed by atoms with Gasteiger partial charge in [0.1, 0.15) is 17.8 Å². The Balaban J connectivity index is 1.40. The Labute approximate surface area is 211 Å². The van der Waals surface area contributed by atoms with Gasteiger partial charge in [0.05, 0.1) is 11.1 Å². The minimum Gasteiger partial charge on any atom is -0.438 e. The van der Waals surface area contributed by atoms with E-state index < -0.39 is 0 Å². The van der Waals surface area contributed by atoms with Crippen molar-refractivity contribution in [2.45, 2.75) is 5.92 Å². The Morgan fingerprint density at radius 1 is 0.676 bits per heavy atom. The van der Waals surface area contributed by atoms with Crippen LogP contribution in [0.15, 0.2) is 109 Å². The Morgan fingerprint density at radius 3 is 2.38 bits per heavy atom. The van der Waals surface area contributed by atoms with Gasteiger partial charge in [-0.25, -0.2) is 19.5 Å². The second-order valence-electron chi connectivity index (χ2n) is 9.20. The van der Waals surface area contributed by atoms with Gasteiger partial charge in [0.15, 0.2) is 5.65 Å². The van der Waals surface area contributed by atoms with Crippen LogP contribution in [-0.2, 0) is 0 Å². The van der Waals surface area contributed by atoms with Crippen LogP contribution in [-0.4, -0.2) is 24.6 Å². The van der Waals surface area contributed by atoms with Crippen molar-refractivity contribution in [1.29, 1.82) is 0 Å². The van der Waals surface area contributed by atoms with Crippen LogP contribution < -0.4 is 4.74 Å². The van der Waals surface area contributed by atoms with E-state index in [2.05, 4.69) is 65.6 Å². The normalized spacial score (nSPS) is 14.4. The van der Waals surface area contributed by atoms with Crippen molar-refractivity contribution in [2.75, 3.05) is 0 Å². The van der Waals surface area contributed by atoms with Gasteiger partial charge in [0, 0.05) is 16.9 Å². The number of pyridine rings is 1. The minimum atomic E-state index is -0.121. The summed E-state index contributed by atoms with van der Waals surface area (Å²) >= 11 is 0. The molecule has 0 aliphatic carbocycles. The summed E-state index contributed by atoms with van der Waals surface area (Å²) in [6, 6.07) is 35.1. The first-order chi connectivity index (χ1) is 18.3. The minimum absolute atomic E-state index is 0.121. The molecule has 3 aromatic heterocycles. The maximum atomic E-state index is 6.41. The maximum absolute atomic E-state index is 6.41. The van der Waals surface area contributed by atoms with Crippen LogP contribution in [0.5, 0.6) is 11.6 Å². The predicted molar refractivity (Wildman–Crippen MR) is 143 cm³/mol. The summed E-state index contributed by atoms with van der Waals surface area (Å²) in [6.45, 7) is 0. The van der Waals surface area contributed by atoms with E-state index in [1.165, 1.54) is 0 Å². The fourth-order valence-electron chi connectivity index (χ4n) is 5.38. The SMILES string of the molecule is c1ccc(C2c3c(ccc4ccccc34)Oc3ncn4nc(-c5ccc6ccccc6n5)nc4c32)cc1. The second-order valence-corrected chi connectivity index (χ2v) is 9.20. The molecule has 0 radical (unpaired) electrons. The summed E-state index contributed by atoms with van der Waals surface area (Å²) in [4.78, 5) is 14.5. The zero-order valence-corrected chi connectivity index (χ0v) is 19.6. The topological polar surface area (TPSA) is 65.2 Å². The molecule has 4 heterocycles. The maximum Gasteiger partial charge on any atom is 0.228 e. The van der Waals surface area contributed by atoms with Crippen LogP contribution in [0, 0.1) is 0 Å². The number of hydrogen-bond acceptors (Lipinski definition) is 5. The zero-order valence-electron chi connectivity index (χ0n) is 19.6.